The number of benzene rings is 4. The first kappa shape index (κ1) is 24.5. The van der Waals surface area contributed by atoms with Gasteiger partial charge in [-0.3, -0.25) is 0 Å². The Balaban J connectivity index is 1.22. The van der Waals surface area contributed by atoms with Crippen LogP contribution < -0.4 is 14.2 Å². The average Bonchev–Trinajstić information content (AvgIpc) is 2.93. The molecule has 0 saturated heterocycles. The van der Waals surface area contributed by atoms with Gasteiger partial charge in [0.1, 0.15) is 30.5 Å². The van der Waals surface area contributed by atoms with Crippen LogP contribution in [0.3, 0.4) is 0 Å². The van der Waals surface area contributed by atoms with Crippen LogP contribution in [0.15, 0.2) is 109 Å². The molecule has 0 aliphatic rings. The first-order valence-electron chi connectivity index (χ1n) is 11.6. The quantitative estimate of drug-likeness (QED) is 0.158. The van der Waals surface area contributed by atoms with E-state index in [4.69, 9.17) is 18.9 Å². The summed E-state index contributed by atoms with van der Waals surface area (Å²) >= 11 is 0. The molecule has 4 aromatic rings. The molecule has 4 aromatic carbocycles. The number of hydrogen-bond donors (Lipinski definition) is 0. The second-order valence-corrected chi connectivity index (χ2v) is 7.89. The number of carbonyl (C=O) groups is 2. The average molecular weight is 483 g/mol. The SMILES string of the molecule is CC(Oc1ccc(-c2ccccc2)cc1)C(=O)Oc1ccc(C(=O)OCCOc2ccccc2)cc1. The van der Waals surface area contributed by atoms with Crippen LogP contribution >= 0.6 is 0 Å². The number of hydrogen-bond acceptors (Lipinski definition) is 6. The van der Waals surface area contributed by atoms with Crippen LogP contribution in [-0.2, 0) is 9.53 Å². The summed E-state index contributed by atoms with van der Waals surface area (Å²) in [4.78, 5) is 24.7. The fourth-order valence-electron chi connectivity index (χ4n) is 3.36. The van der Waals surface area contributed by atoms with E-state index in [9.17, 15) is 9.59 Å². The third-order valence-electron chi connectivity index (χ3n) is 5.24. The van der Waals surface area contributed by atoms with Crippen LogP contribution in [0, 0.1) is 0 Å². The van der Waals surface area contributed by atoms with E-state index in [0.717, 1.165) is 11.1 Å². The molecular formula is C30H26O6. The summed E-state index contributed by atoms with van der Waals surface area (Å²) in [6.07, 6.45) is -0.818. The molecular weight excluding hydrogens is 456 g/mol. The van der Waals surface area contributed by atoms with Gasteiger partial charge >= 0.3 is 11.9 Å². The van der Waals surface area contributed by atoms with Gasteiger partial charge in [0.2, 0.25) is 0 Å². The fraction of sp³-hybridized carbons (Fsp3) is 0.133. The van der Waals surface area contributed by atoms with Gasteiger partial charge in [-0.2, -0.15) is 0 Å². The fourth-order valence-corrected chi connectivity index (χ4v) is 3.36. The van der Waals surface area contributed by atoms with Gasteiger partial charge in [-0.25, -0.2) is 9.59 Å². The molecule has 0 radical (unpaired) electrons. The summed E-state index contributed by atoms with van der Waals surface area (Å²) in [5.41, 5.74) is 2.50. The van der Waals surface area contributed by atoms with E-state index in [-0.39, 0.29) is 13.2 Å². The molecule has 0 heterocycles. The van der Waals surface area contributed by atoms with Gasteiger partial charge in [0.25, 0.3) is 0 Å². The van der Waals surface area contributed by atoms with Crippen molar-refractivity contribution in [2.45, 2.75) is 13.0 Å². The van der Waals surface area contributed by atoms with Crippen LogP contribution in [0.5, 0.6) is 17.2 Å². The maximum atomic E-state index is 12.5. The van der Waals surface area contributed by atoms with Crippen molar-refractivity contribution in [3.63, 3.8) is 0 Å². The predicted molar refractivity (Wildman–Crippen MR) is 136 cm³/mol. The molecule has 0 amide bonds. The lowest BCUT2D eigenvalue weighted by molar-refractivity contribution is -0.141. The largest absolute Gasteiger partial charge is 0.490 e. The predicted octanol–water partition coefficient (Wildman–Crippen LogP) is 5.96. The van der Waals surface area contributed by atoms with Crippen LogP contribution in [0.1, 0.15) is 17.3 Å². The second-order valence-electron chi connectivity index (χ2n) is 7.89. The Morgan fingerprint density at radius 1 is 0.639 bits per heavy atom. The Morgan fingerprint density at radius 3 is 1.89 bits per heavy atom. The molecule has 0 spiro atoms. The highest BCUT2D eigenvalue weighted by Gasteiger charge is 2.18. The van der Waals surface area contributed by atoms with Crippen molar-refractivity contribution >= 4 is 11.9 Å². The lowest BCUT2D eigenvalue weighted by Gasteiger charge is -2.14. The van der Waals surface area contributed by atoms with Crippen molar-refractivity contribution in [1.82, 2.24) is 0 Å². The minimum Gasteiger partial charge on any atom is -0.490 e. The topological polar surface area (TPSA) is 71.1 Å². The van der Waals surface area contributed by atoms with E-state index in [1.54, 1.807) is 6.92 Å². The molecule has 0 aliphatic heterocycles. The Labute approximate surface area is 210 Å². The number of esters is 2. The third kappa shape index (κ3) is 6.96. The summed E-state index contributed by atoms with van der Waals surface area (Å²) in [5.74, 6) is 0.546. The van der Waals surface area contributed by atoms with Gasteiger partial charge < -0.3 is 18.9 Å². The highest BCUT2D eigenvalue weighted by atomic mass is 16.6. The minimum atomic E-state index is -0.818. The molecule has 0 saturated carbocycles. The number of rotatable bonds is 10. The molecule has 6 heteroatoms. The van der Waals surface area contributed by atoms with Gasteiger partial charge in [0.05, 0.1) is 5.56 Å². The Kier molecular flexibility index (Phi) is 8.33. The molecule has 0 aromatic heterocycles. The number of para-hydroxylation sites is 1. The molecule has 1 atom stereocenters. The van der Waals surface area contributed by atoms with Gasteiger partial charge in [0.15, 0.2) is 6.10 Å². The number of carbonyl (C=O) groups excluding carboxylic acids is 2. The first-order valence-corrected chi connectivity index (χ1v) is 11.6. The van der Waals surface area contributed by atoms with Gasteiger partial charge in [-0.05, 0) is 66.6 Å². The Morgan fingerprint density at radius 2 is 1.22 bits per heavy atom. The van der Waals surface area contributed by atoms with Gasteiger partial charge in [0, 0.05) is 0 Å². The molecule has 0 aliphatic carbocycles. The van der Waals surface area contributed by atoms with Crippen molar-refractivity contribution in [1.29, 1.82) is 0 Å². The van der Waals surface area contributed by atoms with Crippen LogP contribution in [0.25, 0.3) is 11.1 Å². The molecule has 4 rings (SSSR count). The zero-order chi connectivity index (χ0) is 25.2. The normalized spacial score (nSPS) is 11.2. The summed E-state index contributed by atoms with van der Waals surface area (Å²) in [6, 6.07) is 32.9. The summed E-state index contributed by atoms with van der Waals surface area (Å²) in [5, 5.41) is 0. The van der Waals surface area contributed by atoms with Crippen molar-refractivity contribution in [2.24, 2.45) is 0 Å². The van der Waals surface area contributed by atoms with Gasteiger partial charge in [-0.1, -0.05) is 60.7 Å². The van der Waals surface area contributed by atoms with E-state index in [1.165, 1.54) is 24.3 Å². The molecule has 6 nitrogen and oxygen atoms in total. The van der Waals surface area contributed by atoms with Crippen molar-refractivity contribution in [2.75, 3.05) is 13.2 Å². The van der Waals surface area contributed by atoms with E-state index >= 15 is 0 Å². The Hall–Kier alpha value is -4.58. The number of ether oxygens (including phenoxy) is 4. The van der Waals surface area contributed by atoms with E-state index in [0.29, 0.717) is 22.8 Å². The third-order valence-corrected chi connectivity index (χ3v) is 5.24. The molecule has 0 fully saturated rings. The highest BCUT2D eigenvalue weighted by Crippen LogP contribution is 2.23. The minimum absolute atomic E-state index is 0.117. The second kappa shape index (κ2) is 12.2. The molecule has 36 heavy (non-hydrogen) atoms. The summed E-state index contributed by atoms with van der Waals surface area (Å²) in [6.45, 7) is 1.99. The molecule has 1 unspecified atom stereocenters. The highest BCUT2D eigenvalue weighted by molar-refractivity contribution is 5.89. The molecule has 182 valence electrons. The van der Waals surface area contributed by atoms with Crippen LogP contribution in [0.2, 0.25) is 0 Å². The van der Waals surface area contributed by atoms with Crippen molar-refractivity contribution in [3.05, 3.63) is 115 Å². The first-order chi connectivity index (χ1) is 17.6. The monoisotopic (exact) mass is 482 g/mol. The van der Waals surface area contributed by atoms with Crippen molar-refractivity contribution < 1.29 is 28.5 Å². The van der Waals surface area contributed by atoms with E-state index < -0.39 is 18.0 Å². The standard InChI is InChI=1S/C30H26O6/c1-22(35-27-16-12-24(13-17-27)23-8-4-2-5-9-23)29(31)36-28-18-14-25(15-19-28)30(32)34-21-20-33-26-10-6-3-7-11-26/h2-19,22H,20-21H2,1H3. The van der Waals surface area contributed by atoms with Crippen LogP contribution in [0.4, 0.5) is 0 Å². The maximum absolute atomic E-state index is 12.5. The molecule has 0 bridgehead atoms. The maximum Gasteiger partial charge on any atom is 0.352 e. The molecule has 0 N–H and O–H groups in total. The van der Waals surface area contributed by atoms with E-state index in [2.05, 4.69) is 0 Å². The van der Waals surface area contributed by atoms with E-state index in [1.807, 2.05) is 84.9 Å². The summed E-state index contributed by atoms with van der Waals surface area (Å²) < 4.78 is 21.8. The zero-order valence-electron chi connectivity index (χ0n) is 19.8. The summed E-state index contributed by atoms with van der Waals surface area (Å²) in [7, 11) is 0. The zero-order valence-corrected chi connectivity index (χ0v) is 19.8. The lowest BCUT2D eigenvalue weighted by atomic mass is 10.1. The van der Waals surface area contributed by atoms with Crippen molar-refractivity contribution in [3.8, 4) is 28.4 Å². The van der Waals surface area contributed by atoms with Gasteiger partial charge in [-0.15, -0.1) is 0 Å². The lowest BCUT2D eigenvalue weighted by Crippen LogP contribution is -2.28. The van der Waals surface area contributed by atoms with Crippen LogP contribution in [-0.4, -0.2) is 31.3 Å². The smallest absolute Gasteiger partial charge is 0.352 e. The Bertz CT molecular complexity index is 1250.